The van der Waals surface area contributed by atoms with E-state index < -0.39 is 5.97 Å². The molecule has 3 aromatic rings. The first kappa shape index (κ1) is 26.7. The maximum Gasteiger partial charge on any atom is 0.303 e. The van der Waals surface area contributed by atoms with Crippen LogP contribution in [-0.2, 0) is 42.9 Å². The molecule has 1 aromatic carbocycles. The van der Waals surface area contributed by atoms with Crippen molar-refractivity contribution in [2.75, 3.05) is 13.7 Å². The molecule has 1 aliphatic rings. The van der Waals surface area contributed by atoms with Crippen LogP contribution in [0.15, 0.2) is 36.4 Å². The molecule has 1 atom stereocenters. The number of carbonyl (C=O) groups is 1. The molecule has 0 aliphatic heterocycles. The molecule has 1 N–H and O–H groups in total. The average Bonchev–Trinajstić information content (AvgIpc) is 3.21. The van der Waals surface area contributed by atoms with Crippen LogP contribution in [0.4, 0.5) is 0 Å². The summed E-state index contributed by atoms with van der Waals surface area (Å²) < 4.78 is 13.4. The molecule has 2 aromatic heterocycles. The molecule has 7 nitrogen and oxygen atoms in total. The zero-order valence-electron chi connectivity index (χ0n) is 22.7. The number of aryl methyl sites for hydroxylation is 3. The van der Waals surface area contributed by atoms with Gasteiger partial charge in [0.1, 0.15) is 5.75 Å². The first-order chi connectivity index (χ1) is 17.6. The van der Waals surface area contributed by atoms with Crippen molar-refractivity contribution < 1.29 is 19.4 Å². The number of rotatable bonds is 10. The van der Waals surface area contributed by atoms with Crippen LogP contribution in [0.1, 0.15) is 79.7 Å². The molecule has 0 radical (unpaired) electrons. The number of benzene rings is 1. The minimum atomic E-state index is -0.849. The van der Waals surface area contributed by atoms with Crippen molar-refractivity contribution in [2.24, 2.45) is 7.05 Å². The molecule has 2 heterocycles. The molecule has 198 valence electrons. The minimum absolute atomic E-state index is 0.0132. The van der Waals surface area contributed by atoms with Crippen LogP contribution in [-0.4, -0.2) is 39.6 Å². The van der Waals surface area contributed by atoms with Crippen molar-refractivity contribution in [1.82, 2.24) is 14.8 Å². The molecule has 0 saturated heterocycles. The fourth-order valence-electron chi connectivity index (χ4n) is 5.04. The van der Waals surface area contributed by atoms with Crippen LogP contribution in [0.25, 0.3) is 0 Å². The van der Waals surface area contributed by atoms with E-state index in [-0.39, 0.29) is 17.8 Å². The maximum absolute atomic E-state index is 11.8. The van der Waals surface area contributed by atoms with Crippen LogP contribution in [0.2, 0.25) is 0 Å². The lowest BCUT2D eigenvalue weighted by Gasteiger charge is -2.24. The summed E-state index contributed by atoms with van der Waals surface area (Å²) in [6.07, 6.45) is 5.85. The number of pyridine rings is 1. The highest BCUT2D eigenvalue weighted by Crippen LogP contribution is 2.36. The standard InChI is InChI=1S/C30H39N3O4/c1-30(2,3)22-11-13-27(36-5)25(18-22)21(17-29(34)35)16-24-19-28(33(4)32-24)37-15-14-23-12-10-20-8-6-7-9-26(20)31-23/h10-13,18-19,21H,6-9,14-17H2,1-5H3,(H,34,35). The normalized spacial score (nSPS) is 14.2. The molecule has 7 heteroatoms. The third-order valence-corrected chi connectivity index (χ3v) is 7.14. The van der Waals surface area contributed by atoms with E-state index in [9.17, 15) is 9.90 Å². The monoisotopic (exact) mass is 505 g/mol. The van der Waals surface area contributed by atoms with E-state index in [0.29, 0.717) is 24.7 Å². The first-order valence-electron chi connectivity index (χ1n) is 13.2. The van der Waals surface area contributed by atoms with E-state index >= 15 is 0 Å². The fourth-order valence-corrected chi connectivity index (χ4v) is 5.04. The summed E-state index contributed by atoms with van der Waals surface area (Å²) >= 11 is 0. The first-order valence-corrected chi connectivity index (χ1v) is 13.2. The van der Waals surface area contributed by atoms with Gasteiger partial charge in [-0.2, -0.15) is 5.10 Å². The Bertz CT molecular complexity index is 1240. The number of nitrogens with zero attached hydrogens (tertiary/aromatic N) is 3. The smallest absolute Gasteiger partial charge is 0.303 e. The molecular weight excluding hydrogens is 466 g/mol. The van der Waals surface area contributed by atoms with Crippen molar-refractivity contribution in [2.45, 2.75) is 77.0 Å². The highest BCUT2D eigenvalue weighted by molar-refractivity contribution is 5.68. The summed E-state index contributed by atoms with van der Waals surface area (Å²) in [5, 5.41) is 14.3. The Labute approximate surface area is 219 Å². The molecule has 0 spiro atoms. The predicted octanol–water partition coefficient (Wildman–Crippen LogP) is 5.42. The second kappa shape index (κ2) is 11.4. The highest BCUT2D eigenvalue weighted by Gasteiger charge is 2.25. The van der Waals surface area contributed by atoms with Crippen LogP contribution in [0, 0.1) is 0 Å². The van der Waals surface area contributed by atoms with Gasteiger partial charge in [-0.05, 0) is 66.3 Å². The second-order valence-electron chi connectivity index (χ2n) is 11.0. The van der Waals surface area contributed by atoms with Gasteiger partial charge in [0.05, 0.1) is 25.8 Å². The van der Waals surface area contributed by atoms with E-state index in [1.165, 1.54) is 24.1 Å². The zero-order chi connectivity index (χ0) is 26.6. The summed E-state index contributed by atoms with van der Waals surface area (Å²) in [7, 11) is 3.47. The molecule has 37 heavy (non-hydrogen) atoms. The SMILES string of the molecule is COc1ccc(C(C)(C)C)cc1C(CC(=O)O)Cc1cc(OCCc2ccc3c(n2)CCCC3)n(C)n1. The molecular formula is C30H39N3O4. The zero-order valence-corrected chi connectivity index (χ0v) is 22.7. The maximum atomic E-state index is 11.8. The van der Waals surface area contributed by atoms with Gasteiger partial charge in [-0.3, -0.25) is 9.78 Å². The summed E-state index contributed by atoms with van der Waals surface area (Å²) in [6.45, 7) is 6.94. The van der Waals surface area contributed by atoms with E-state index in [1.807, 2.05) is 25.2 Å². The van der Waals surface area contributed by atoms with E-state index in [4.69, 9.17) is 14.5 Å². The topological polar surface area (TPSA) is 86.5 Å². The number of methoxy groups -OCH3 is 1. The van der Waals surface area contributed by atoms with E-state index in [2.05, 4.69) is 44.1 Å². The third kappa shape index (κ3) is 6.70. The summed E-state index contributed by atoms with van der Waals surface area (Å²) in [5.41, 5.74) is 6.43. The largest absolute Gasteiger partial charge is 0.496 e. The Morgan fingerprint density at radius 1 is 1.11 bits per heavy atom. The number of fused-ring (bicyclic) bond motifs is 1. The Hall–Kier alpha value is -3.35. The summed E-state index contributed by atoms with van der Waals surface area (Å²) in [6, 6.07) is 12.3. The predicted molar refractivity (Wildman–Crippen MR) is 144 cm³/mol. The highest BCUT2D eigenvalue weighted by atomic mass is 16.5. The molecule has 1 unspecified atom stereocenters. The van der Waals surface area contributed by atoms with E-state index in [1.54, 1.807) is 11.8 Å². The van der Waals surface area contributed by atoms with Crippen molar-refractivity contribution in [3.05, 3.63) is 70.2 Å². The molecule has 4 rings (SSSR count). The molecule has 0 saturated carbocycles. The van der Waals surface area contributed by atoms with Gasteiger partial charge in [0, 0.05) is 36.8 Å². The Kier molecular flexibility index (Phi) is 8.20. The van der Waals surface area contributed by atoms with Crippen LogP contribution < -0.4 is 9.47 Å². The van der Waals surface area contributed by atoms with Crippen LogP contribution in [0.3, 0.4) is 0 Å². The number of aromatic nitrogens is 3. The minimum Gasteiger partial charge on any atom is -0.496 e. The summed E-state index contributed by atoms with van der Waals surface area (Å²) in [5.74, 6) is 0.233. The van der Waals surface area contributed by atoms with Gasteiger partial charge in [-0.1, -0.05) is 39.0 Å². The van der Waals surface area contributed by atoms with Crippen molar-refractivity contribution in [1.29, 1.82) is 0 Å². The van der Waals surface area contributed by atoms with Crippen LogP contribution in [0.5, 0.6) is 11.6 Å². The lowest BCUT2D eigenvalue weighted by Crippen LogP contribution is -2.15. The fraction of sp³-hybridized carbons (Fsp3) is 0.500. The van der Waals surface area contributed by atoms with Crippen molar-refractivity contribution in [3.8, 4) is 11.6 Å². The average molecular weight is 506 g/mol. The number of hydrogen-bond donors (Lipinski definition) is 1. The van der Waals surface area contributed by atoms with Crippen molar-refractivity contribution in [3.63, 3.8) is 0 Å². The van der Waals surface area contributed by atoms with Crippen molar-refractivity contribution >= 4 is 5.97 Å². The Morgan fingerprint density at radius 3 is 2.62 bits per heavy atom. The molecule has 1 aliphatic carbocycles. The van der Waals surface area contributed by atoms with Gasteiger partial charge in [-0.15, -0.1) is 0 Å². The molecule has 0 fully saturated rings. The number of hydrogen-bond acceptors (Lipinski definition) is 5. The van der Waals surface area contributed by atoms with Crippen LogP contribution >= 0.6 is 0 Å². The van der Waals surface area contributed by atoms with Gasteiger partial charge in [0.25, 0.3) is 0 Å². The lowest BCUT2D eigenvalue weighted by atomic mass is 9.82. The van der Waals surface area contributed by atoms with Gasteiger partial charge in [0.15, 0.2) is 0 Å². The van der Waals surface area contributed by atoms with Gasteiger partial charge < -0.3 is 14.6 Å². The summed E-state index contributed by atoms with van der Waals surface area (Å²) in [4.78, 5) is 16.6. The van der Waals surface area contributed by atoms with Gasteiger partial charge in [-0.25, -0.2) is 4.68 Å². The van der Waals surface area contributed by atoms with E-state index in [0.717, 1.165) is 41.8 Å². The second-order valence-corrected chi connectivity index (χ2v) is 11.0. The molecule has 0 bridgehead atoms. The van der Waals surface area contributed by atoms with Gasteiger partial charge in [0.2, 0.25) is 5.88 Å². The number of carboxylic acids is 1. The number of aliphatic carboxylic acids is 1. The Balaban J connectivity index is 1.47. The number of ether oxygens (including phenoxy) is 2. The third-order valence-electron chi connectivity index (χ3n) is 7.14. The van der Waals surface area contributed by atoms with Gasteiger partial charge >= 0.3 is 5.97 Å². The quantitative estimate of drug-likeness (QED) is 0.396. The Morgan fingerprint density at radius 2 is 1.89 bits per heavy atom. The number of carboxylic acid groups (broad SMARTS) is 1. The lowest BCUT2D eigenvalue weighted by molar-refractivity contribution is -0.137. The molecule has 0 amide bonds.